The molecule has 3 nitrogen and oxygen atoms in total. The standard InChI is InChI=1S/C9H12ClNO2S/c1-6(9(13)11-4-5-12)7-2-3-8(10)14-7/h2-3,6,12H,4-5H2,1H3,(H,11,13). The lowest BCUT2D eigenvalue weighted by Gasteiger charge is -2.08. The van der Waals surface area contributed by atoms with Gasteiger partial charge in [0.25, 0.3) is 0 Å². The van der Waals surface area contributed by atoms with Crippen molar-refractivity contribution in [2.45, 2.75) is 12.8 Å². The molecule has 1 rings (SSSR count). The summed E-state index contributed by atoms with van der Waals surface area (Å²) >= 11 is 7.16. The predicted octanol–water partition coefficient (Wildman–Crippen LogP) is 1.61. The summed E-state index contributed by atoms with van der Waals surface area (Å²) in [5.74, 6) is -0.295. The van der Waals surface area contributed by atoms with E-state index < -0.39 is 0 Å². The SMILES string of the molecule is CC(C(=O)NCCO)c1ccc(Cl)s1. The first-order chi connectivity index (χ1) is 6.65. The Morgan fingerprint density at radius 3 is 2.93 bits per heavy atom. The largest absolute Gasteiger partial charge is 0.395 e. The van der Waals surface area contributed by atoms with E-state index in [0.29, 0.717) is 10.9 Å². The molecule has 0 spiro atoms. The van der Waals surface area contributed by atoms with Gasteiger partial charge in [0.1, 0.15) is 0 Å². The normalized spacial score (nSPS) is 12.5. The van der Waals surface area contributed by atoms with Crippen LogP contribution in [0.5, 0.6) is 0 Å². The molecule has 1 amide bonds. The Balaban J connectivity index is 2.56. The van der Waals surface area contributed by atoms with E-state index in [9.17, 15) is 4.79 Å². The van der Waals surface area contributed by atoms with Gasteiger partial charge in [-0.25, -0.2) is 0 Å². The van der Waals surface area contributed by atoms with Crippen molar-refractivity contribution in [2.24, 2.45) is 0 Å². The average molecular weight is 234 g/mol. The monoisotopic (exact) mass is 233 g/mol. The van der Waals surface area contributed by atoms with Gasteiger partial charge in [0.05, 0.1) is 16.9 Å². The van der Waals surface area contributed by atoms with Crippen molar-refractivity contribution < 1.29 is 9.90 Å². The molecule has 1 unspecified atom stereocenters. The van der Waals surface area contributed by atoms with Crippen LogP contribution >= 0.6 is 22.9 Å². The van der Waals surface area contributed by atoms with Crippen molar-refractivity contribution in [3.8, 4) is 0 Å². The van der Waals surface area contributed by atoms with Crippen LogP contribution in [0.1, 0.15) is 17.7 Å². The Kier molecular flexibility index (Phi) is 4.38. The molecule has 0 saturated carbocycles. The predicted molar refractivity (Wildman–Crippen MR) is 57.8 cm³/mol. The highest BCUT2D eigenvalue weighted by Crippen LogP contribution is 2.27. The zero-order valence-corrected chi connectivity index (χ0v) is 9.36. The molecule has 1 aromatic heterocycles. The molecular formula is C9H12ClNO2S. The van der Waals surface area contributed by atoms with Gasteiger partial charge in [-0.2, -0.15) is 0 Å². The van der Waals surface area contributed by atoms with Crippen LogP contribution in [0.15, 0.2) is 12.1 Å². The number of hydrogen-bond donors (Lipinski definition) is 2. The number of hydrogen-bond acceptors (Lipinski definition) is 3. The molecule has 14 heavy (non-hydrogen) atoms. The van der Waals surface area contributed by atoms with Crippen LogP contribution in [0.25, 0.3) is 0 Å². The molecule has 0 bridgehead atoms. The van der Waals surface area contributed by atoms with Crippen LogP contribution in [-0.2, 0) is 4.79 Å². The van der Waals surface area contributed by atoms with E-state index in [1.54, 1.807) is 6.07 Å². The van der Waals surface area contributed by atoms with Crippen LogP contribution in [0.3, 0.4) is 0 Å². The second kappa shape index (κ2) is 5.34. The summed E-state index contributed by atoms with van der Waals surface area (Å²) in [4.78, 5) is 12.4. The van der Waals surface area contributed by atoms with E-state index >= 15 is 0 Å². The molecule has 78 valence electrons. The summed E-state index contributed by atoms with van der Waals surface area (Å²) < 4.78 is 0.682. The average Bonchev–Trinajstić information content (AvgIpc) is 2.60. The second-order valence-electron chi connectivity index (χ2n) is 2.88. The van der Waals surface area contributed by atoms with Crippen molar-refractivity contribution in [3.63, 3.8) is 0 Å². The van der Waals surface area contributed by atoms with Gasteiger partial charge < -0.3 is 10.4 Å². The van der Waals surface area contributed by atoms with E-state index in [1.807, 2.05) is 13.0 Å². The van der Waals surface area contributed by atoms with Crippen LogP contribution < -0.4 is 5.32 Å². The molecule has 0 aliphatic rings. The summed E-state index contributed by atoms with van der Waals surface area (Å²) in [7, 11) is 0. The minimum absolute atomic E-state index is 0.0380. The Labute approximate surface area is 91.7 Å². The van der Waals surface area contributed by atoms with Crippen molar-refractivity contribution >= 4 is 28.8 Å². The first-order valence-electron chi connectivity index (χ1n) is 4.29. The van der Waals surface area contributed by atoms with Crippen molar-refractivity contribution in [1.82, 2.24) is 5.32 Å². The first kappa shape index (κ1) is 11.5. The fraction of sp³-hybridized carbons (Fsp3) is 0.444. The smallest absolute Gasteiger partial charge is 0.228 e. The molecule has 0 aliphatic carbocycles. The lowest BCUT2D eigenvalue weighted by Crippen LogP contribution is -2.29. The molecular weight excluding hydrogens is 222 g/mol. The lowest BCUT2D eigenvalue weighted by molar-refractivity contribution is -0.122. The number of aliphatic hydroxyl groups is 1. The van der Waals surface area contributed by atoms with E-state index in [0.717, 1.165) is 4.88 Å². The van der Waals surface area contributed by atoms with E-state index in [1.165, 1.54) is 11.3 Å². The molecule has 2 N–H and O–H groups in total. The zero-order valence-electron chi connectivity index (χ0n) is 7.79. The maximum Gasteiger partial charge on any atom is 0.228 e. The van der Waals surface area contributed by atoms with E-state index in [2.05, 4.69) is 5.32 Å². The topological polar surface area (TPSA) is 49.3 Å². The third-order valence-corrected chi connectivity index (χ3v) is 3.24. The molecule has 5 heteroatoms. The second-order valence-corrected chi connectivity index (χ2v) is 4.62. The number of amides is 1. The van der Waals surface area contributed by atoms with E-state index in [4.69, 9.17) is 16.7 Å². The number of halogens is 1. The Morgan fingerprint density at radius 2 is 2.43 bits per heavy atom. The zero-order chi connectivity index (χ0) is 10.6. The molecule has 1 heterocycles. The Bertz CT molecular complexity index is 314. The molecule has 0 fully saturated rings. The summed E-state index contributed by atoms with van der Waals surface area (Å²) in [5.41, 5.74) is 0. The van der Waals surface area contributed by atoms with Crippen LogP contribution in [0.2, 0.25) is 4.34 Å². The highest BCUT2D eigenvalue weighted by Gasteiger charge is 2.16. The summed E-state index contributed by atoms with van der Waals surface area (Å²) in [6, 6.07) is 3.62. The van der Waals surface area contributed by atoms with Crippen LogP contribution in [0, 0.1) is 0 Å². The van der Waals surface area contributed by atoms with Gasteiger partial charge in [-0.1, -0.05) is 11.6 Å². The molecule has 0 aromatic carbocycles. The summed E-state index contributed by atoms with van der Waals surface area (Å²) in [6.45, 7) is 2.07. The quantitative estimate of drug-likeness (QED) is 0.830. The van der Waals surface area contributed by atoms with E-state index in [-0.39, 0.29) is 18.4 Å². The lowest BCUT2D eigenvalue weighted by atomic mass is 10.1. The fourth-order valence-corrected chi connectivity index (χ4v) is 2.13. The maximum atomic E-state index is 11.5. The van der Waals surface area contributed by atoms with Gasteiger partial charge in [-0.05, 0) is 19.1 Å². The molecule has 0 saturated heterocycles. The van der Waals surface area contributed by atoms with Crippen molar-refractivity contribution in [2.75, 3.05) is 13.2 Å². The number of nitrogens with one attached hydrogen (secondary N) is 1. The van der Waals surface area contributed by atoms with Crippen molar-refractivity contribution in [3.05, 3.63) is 21.3 Å². The first-order valence-corrected chi connectivity index (χ1v) is 5.48. The van der Waals surface area contributed by atoms with Crippen LogP contribution in [-0.4, -0.2) is 24.2 Å². The summed E-state index contributed by atoms with van der Waals surface area (Å²) in [5, 5.41) is 11.2. The van der Waals surface area contributed by atoms with Crippen molar-refractivity contribution in [1.29, 1.82) is 0 Å². The minimum Gasteiger partial charge on any atom is -0.395 e. The summed E-state index contributed by atoms with van der Waals surface area (Å²) in [6.07, 6.45) is 0. The highest BCUT2D eigenvalue weighted by molar-refractivity contribution is 7.16. The Hall–Kier alpha value is -0.580. The van der Waals surface area contributed by atoms with Gasteiger partial charge in [0, 0.05) is 11.4 Å². The fourth-order valence-electron chi connectivity index (χ4n) is 1.02. The Morgan fingerprint density at radius 1 is 1.71 bits per heavy atom. The maximum absolute atomic E-state index is 11.5. The molecule has 1 atom stereocenters. The number of aliphatic hydroxyl groups excluding tert-OH is 1. The molecule has 1 aromatic rings. The number of thiophene rings is 1. The van der Waals surface area contributed by atoms with Gasteiger partial charge in [-0.15, -0.1) is 11.3 Å². The molecule has 0 radical (unpaired) electrons. The highest BCUT2D eigenvalue weighted by atomic mass is 35.5. The van der Waals surface area contributed by atoms with Gasteiger partial charge in [0.2, 0.25) is 5.91 Å². The van der Waals surface area contributed by atoms with Gasteiger partial charge >= 0.3 is 0 Å². The third-order valence-electron chi connectivity index (χ3n) is 1.83. The number of rotatable bonds is 4. The van der Waals surface area contributed by atoms with Crippen LogP contribution in [0.4, 0.5) is 0 Å². The number of carbonyl (C=O) groups excluding carboxylic acids is 1. The third kappa shape index (κ3) is 2.97. The number of carbonyl (C=O) groups is 1. The minimum atomic E-state index is -0.209. The van der Waals surface area contributed by atoms with Gasteiger partial charge in [-0.3, -0.25) is 4.79 Å². The van der Waals surface area contributed by atoms with Gasteiger partial charge in [0.15, 0.2) is 0 Å². The molecule has 0 aliphatic heterocycles.